The molecule has 2 aliphatic heterocycles. The van der Waals surface area contributed by atoms with Gasteiger partial charge in [0, 0.05) is 60.7 Å². The first-order valence-corrected chi connectivity index (χ1v) is 12.9. The van der Waals surface area contributed by atoms with Crippen molar-refractivity contribution in [3.8, 4) is 11.4 Å². The van der Waals surface area contributed by atoms with Gasteiger partial charge >= 0.3 is 0 Å². The second-order valence-electron chi connectivity index (χ2n) is 8.39. The van der Waals surface area contributed by atoms with Gasteiger partial charge in [0.15, 0.2) is 11.6 Å². The van der Waals surface area contributed by atoms with Crippen molar-refractivity contribution >= 4 is 32.4 Å². The Morgan fingerprint density at radius 1 is 1.19 bits per heavy atom. The largest absolute Gasteiger partial charge is 0.381 e. The number of anilines is 1. The first kappa shape index (κ1) is 21.3. The van der Waals surface area contributed by atoms with Gasteiger partial charge in [0.2, 0.25) is 0 Å². The van der Waals surface area contributed by atoms with Gasteiger partial charge in [-0.1, -0.05) is 0 Å². The molecule has 2 fully saturated rings. The van der Waals surface area contributed by atoms with E-state index in [1.807, 2.05) is 24.4 Å². The van der Waals surface area contributed by atoms with Crippen molar-refractivity contribution in [1.82, 2.24) is 19.9 Å². The summed E-state index contributed by atoms with van der Waals surface area (Å²) in [6.07, 6.45) is 6.82. The Kier molecular flexibility index (Phi) is 5.83. The van der Waals surface area contributed by atoms with Gasteiger partial charge in [-0.3, -0.25) is 0 Å². The van der Waals surface area contributed by atoms with Crippen molar-refractivity contribution in [3.05, 3.63) is 30.6 Å². The van der Waals surface area contributed by atoms with E-state index in [1.165, 1.54) is 0 Å². The zero-order valence-electron chi connectivity index (χ0n) is 18.4. The second kappa shape index (κ2) is 8.76. The van der Waals surface area contributed by atoms with Crippen LogP contribution in [0.5, 0.6) is 0 Å². The van der Waals surface area contributed by atoms with Gasteiger partial charge < -0.3 is 19.4 Å². The molecule has 2 atom stereocenters. The summed E-state index contributed by atoms with van der Waals surface area (Å²) in [4.78, 5) is 19.4. The maximum atomic E-state index is 13.6. The number of hydrogen-bond acceptors (Lipinski definition) is 8. The molecule has 0 radical (unpaired) electrons. The fourth-order valence-corrected chi connectivity index (χ4v) is 6.01. The molecule has 0 aromatic carbocycles. The topological polar surface area (TPSA) is 106 Å². The molecule has 5 heterocycles. The molecule has 10 heteroatoms. The number of morpholine rings is 1. The highest BCUT2D eigenvalue weighted by molar-refractivity contribution is 7.93. The molecule has 3 aromatic heterocycles. The Labute approximate surface area is 187 Å². The molecular formula is C22H28N6O3S. The summed E-state index contributed by atoms with van der Waals surface area (Å²) < 4.78 is 29.3. The smallest absolute Gasteiger partial charge is 0.167 e. The zero-order valence-corrected chi connectivity index (χ0v) is 19.2. The number of rotatable bonds is 4. The quantitative estimate of drug-likeness (QED) is 0.643. The Balaban J connectivity index is 1.64. The third-order valence-corrected chi connectivity index (χ3v) is 8.38. The molecule has 170 valence electrons. The van der Waals surface area contributed by atoms with Crippen LogP contribution in [0.2, 0.25) is 0 Å². The van der Waals surface area contributed by atoms with Crippen molar-refractivity contribution in [2.75, 3.05) is 44.1 Å². The van der Waals surface area contributed by atoms with E-state index < -0.39 is 9.73 Å². The van der Waals surface area contributed by atoms with Crippen molar-refractivity contribution in [2.24, 2.45) is 4.36 Å². The molecule has 0 amide bonds. The van der Waals surface area contributed by atoms with E-state index in [-0.39, 0.29) is 11.3 Å². The predicted molar refractivity (Wildman–Crippen MR) is 125 cm³/mol. The average Bonchev–Trinajstić information content (AvgIpc) is 3.28. The van der Waals surface area contributed by atoms with Gasteiger partial charge in [-0.25, -0.2) is 19.2 Å². The summed E-state index contributed by atoms with van der Waals surface area (Å²) >= 11 is 0. The summed E-state index contributed by atoms with van der Waals surface area (Å²) in [5.41, 5.74) is 1.64. The van der Waals surface area contributed by atoms with E-state index in [1.54, 1.807) is 12.5 Å². The summed E-state index contributed by atoms with van der Waals surface area (Å²) in [6.45, 7) is 5.36. The standard InChI is InChI=1S/C22H28N6O3S/c1-15-14-31-12-9-28(15)20-13-19(27-32(2,29)16-5-10-30-11-6-16)25-22(26-20)18-4-8-24-21-17(18)3-7-23-21/h3-4,7-8,13,15-16H,5-6,9-12,14H2,1-2H3,(H,23,24)/t15-,32?/m1/s1. The number of ether oxygens (including phenoxy) is 2. The van der Waals surface area contributed by atoms with Crippen LogP contribution in [-0.2, 0) is 19.2 Å². The lowest BCUT2D eigenvalue weighted by atomic mass is 10.1. The maximum absolute atomic E-state index is 13.6. The molecule has 1 unspecified atom stereocenters. The van der Waals surface area contributed by atoms with Crippen molar-refractivity contribution in [1.29, 1.82) is 0 Å². The minimum absolute atomic E-state index is 0.00210. The van der Waals surface area contributed by atoms with Gasteiger partial charge in [0.25, 0.3) is 0 Å². The number of aromatic nitrogens is 4. The fourth-order valence-electron chi connectivity index (χ4n) is 4.33. The highest BCUT2D eigenvalue weighted by atomic mass is 32.2. The van der Waals surface area contributed by atoms with E-state index in [0.29, 0.717) is 38.1 Å². The van der Waals surface area contributed by atoms with E-state index in [2.05, 4.69) is 26.2 Å². The Bertz CT molecular complexity index is 1230. The lowest BCUT2D eigenvalue weighted by molar-refractivity contribution is 0.0985. The molecule has 0 saturated carbocycles. The Morgan fingerprint density at radius 3 is 2.84 bits per heavy atom. The van der Waals surface area contributed by atoms with Crippen LogP contribution in [0.25, 0.3) is 22.4 Å². The second-order valence-corrected chi connectivity index (χ2v) is 11.0. The van der Waals surface area contributed by atoms with E-state index in [9.17, 15) is 4.21 Å². The van der Waals surface area contributed by atoms with Gasteiger partial charge in [-0.05, 0) is 31.9 Å². The van der Waals surface area contributed by atoms with Crippen LogP contribution >= 0.6 is 0 Å². The van der Waals surface area contributed by atoms with Gasteiger partial charge in [-0.15, -0.1) is 0 Å². The monoisotopic (exact) mass is 456 g/mol. The van der Waals surface area contributed by atoms with Crippen LogP contribution in [0.1, 0.15) is 19.8 Å². The van der Waals surface area contributed by atoms with Crippen LogP contribution in [-0.4, -0.2) is 74.7 Å². The molecule has 2 saturated heterocycles. The first-order valence-electron chi connectivity index (χ1n) is 11.0. The van der Waals surface area contributed by atoms with Crippen LogP contribution in [0.4, 0.5) is 11.6 Å². The normalized spacial score (nSPS) is 22.1. The van der Waals surface area contributed by atoms with Crippen molar-refractivity contribution in [2.45, 2.75) is 31.1 Å². The Hall–Kier alpha value is -2.56. The summed E-state index contributed by atoms with van der Waals surface area (Å²) in [7, 11) is -2.49. The minimum atomic E-state index is -2.49. The molecular weight excluding hydrogens is 428 g/mol. The third-order valence-electron chi connectivity index (χ3n) is 6.12. The first-order chi connectivity index (χ1) is 15.5. The molecule has 9 nitrogen and oxygen atoms in total. The summed E-state index contributed by atoms with van der Waals surface area (Å²) in [6, 6.07) is 5.89. The lowest BCUT2D eigenvalue weighted by Crippen LogP contribution is -2.44. The minimum Gasteiger partial charge on any atom is -0.381 e. The van der Waals surface area contributed by atoms with Crippen LogP contribution in [0.15, 0.2) is 35.0 Å². The molecule has 32 heavy (non-hydrogen) atoms. The summed E-state index contributed by atoms with van der Waals surface area (Å²) in [5.74, 6) is 1.77. The fraction of sp³-hybridized carbons (Fsp3) is 0.500. The van der Waals surface area contributed by atoms with Crippen LogP contribution < -0.4 is 4.90 Å². The molecule has 1 N–H and O–H groups in total. The molecule has 3 aromatic rings. The molecule has 5 rings (SSSR count). The SMILES string of the molecule is C[C@@H]1COCCN1c1cc(N=S(C)(=O)C2CCOCC2)nc(-c2ccnc3[nH]ccc23)n1. The van der Waals surface area contributed by atoms with Gasteiger partial charge in [-0.2, -0.15) is 4.36 Å². The Morgan fingerprint density at radius 2 is 2.03 bits per heavy atom. The summed E-state index contributed by atoms with van der Waals surface area (Å²) in [5, 5.41) is 0.935. The number of pyridine rings is 1. The third kappa shape index (κ3) is 4.22. The number of fused-ring (bicyclic) bond motifs is 1. The highest BCUT2D eigenvalue weighted by Crippen LogP contribution is 2.31. The lowest BCUT2D eigenvalue weighted by Gasteiger charge is -2.34. The number of aromatic amines is 1. The van der Waals surface area contributed by atoms with Gasteiger partial charge in [0.05, 0.1) is 29.0 Å². The van der Waals surface area contributed by atoms with Crippen molar-refractivity contribution in [3.63, 3.8) is 0 Å². The molecule has 0 aliphatic carbocycles. The molecule has 0 bridgehead atoms. The highest BCUT2D eigenvalue weighted by Gasteiger charge is 2.25. The molecule has 0 spiro atoms. The van der Waals surface area contributed by atoms with E-state index in [0.717, 1.165) is 41.8 Å². The van der Waals surface area contributed by atoms with E-state index in [4.69, 9.17) is 19.4 Å². The maximum Gasteiger partial charge on any atom is 0.167 e. The number of nitrogens with zero attached hydrogens (tertiary/aromatic N) is 5. The van der Waals surface area contributed by atoms with Crippen molar-refractivity contribution < 1.29 is 13.7 Å². The predicted octanol–water partition coefficient (Wildman–Crippen LogP) is 3.15. The number of hydrogen-bond donors (Lipinski definition) is 1. The number of nitrogens with one attached hydrogen (secondary N) is 1. The zero-order chi connectivity index (χ0) is 22.1. The van der Waals surface area contributed by atoms with E-state index >= 15 is 0 Å². The average molecular weight is 457 g/mol. The molecule has 2 aliphatic rings. The van der Waals surface area contributed by atoms with Gasteiger partial charge in [0.1, 0.15) is 11.5 Å². The number of H-pyrrole nitrogens is 1. The van der Waals surface area contributed by atoms with Crippen LogP contribution in [0, 0.1) is 0 Å². The van der Waals surface area contributed by atoms with Crippen LogP contribution in [0.3, 0.4) is 0 Å².